The number of aromatic nitrogens is 2. The predicted octanol–water partition coefficient (Wildman–Crippen LogP) is 4.87. The zero-order valence-corrected chi connectivity index (χ0v) is 14.7. The fraction of sp³-hybridized carbons (Fsp3) is 0.167. The fourth-order valence-electron chi connectivity index (χ4n) is 2.82. The Kier molecular flexibility index (Phi) is 3.56. The van der Waals surface area contributed by atoms with Crippen molar-refractivity contribution in [3.05, 3.63) is 57.9 Å². The van der Waals surface area contributed by atoms with Gasteiger partial charge in [-0.25, -0.2) is 4.98 Å². The number of aryl methyl sites for hydroxylation is 2. The van der Waals surface area contributed by atoms with Gasteiger partial charge in [-0.3, -0.25) is 4.40 Å². The normalized spacial score (nSPS) is 11.4. The Morgan fingerprint density at radius 2 is 2.00 bits per heavy atom. The summed E-state index contributed by atoms with van der Waals surface area (Å²) < 4.78 is 2.21. The largest absolute Gasteiger partial charge is 0.325 e. The molecule has 0 saturated heterocycles. The lowest BCUT2D eigenvalue weighted by atomic mass is 10.0. The van der Waals surface area contributed by atoms with Crippen molar-refractivity contribution >= 4 is 27.6 Å². The van der Waals surface area contributed by atoms with Crippen LogP contribution in [-0.4, -0.2) is 9.38 Å². The summed E-state index contributed by atoms with van der Waals surface area (Å²) in [5, 5.41) is 4.25. The van der Waals surface area contributed by atoms with Gasteiger partial charge in [0.2, 0.25) is 0 Å². The summed E-state index contributed by atoms with van der Waals surface area (Å²) in [6.07, 6.45) is 0. The van der Waals surface area contributed by atoms with Crippen molar-refractivity contribution in [3.63, 3.8) is 0 Å². The third kappa shape index (κ3) is 2.32. The molecule has 3 heterocycles. The average Bonchev–Trinajstić information content (AvgIpc) is 3.24. The smallest absolute Gasteiger partial charge is 0.195 e. The predicted molar refractivity (Wildman–Crippen MR) is 99.2 cm³/mol. The third-order valence-corrected chi connectivity index (χ3v) is 5.91. The molecule has 0 amide bonds. The first kappa shape index (κ1) is 14.6. The quantitative estimate of drug-likeness (QED) is 0.579. The summed E-state index contributed by atoms with van der Waals surface area (Å²) in [6.45, 7) is 4.76. The Bertz CT molecular complexity index is 977. The van der Waals surface area contributed by atoms with E-state index in [2.05, 4.69) is 59.3 Å². The highest BCUT2D eigenvalue weighted by Crippen LogP contribution is 2.34. The van der Waals surface area contributed by atoms with E-state index in [9.17, 15) is 0 Å². The highest BCUT2D eigenvalue weighted by atomic mass is 32.1. The molecule has 4 rings (SSSR count). The van der Waals surface area contributed by atoms with E-state index in [0.717, 1.165) is 16.3 Å². The zero-order chi connectivity index (χ0) is 16.0. The van der Waals surface area contributed by atoms with Crippen LogP contribution in [0.2, 0.25) is 0 Å². The van der Waals surface area contributed by atoms with E-state index < -0.39 is 0 Å². The van der Waals surface area contributed by atoms with Gasteiger partial charge in [0.1, 0.15) is 5.69 Å². The molecule has 3 aromatic heterocycles. The molecule has 1 aromatic carbocycles. The molecule has 0 aliphatic rings. The topological polar surface area (TPSA) is 43.3 Å². The van der Waals surface area contributed by atoms with E-state index in [4.69, 9.17) is 10.7 Å². The molecule has 2 N–H and O–H groups in total. The molecule has 0 aliphatic heterocycles. The van der Waals surface area contributed by atoms with Crippen molar-refractivity contribution in [1.82, 2.24) is 9.38 Å². The van der Waals surface area contributed by atoms with Crippen LogP contribution in [0.5, 0.6) is 0 Å². The van der Waals surface area contributed by atoms with E-state index in [1.807, 2.05) is 0 Å². The number of fused-ring (bicyclic) bond motifs is 1. The van der Waals surface area contributed by atoms with Gasteiger partial charge in [-0.1, -0.05) is 18.2 Å². The molecule has 23 heavy (non-hydrogen) atoms. The van der Waals surface area contributed by atoms with Crippen molar-refractivity contribution in [3.8, 4) is 21.8 Å². The van der Waals surface area contributed by atoms with Crippen LogP contribution in [0.25, 0.3) is 26.8 Å². The number of nitrogens with zero attached hydrogens (tertiary/aromatic N) is 2. The number of imidazole rings is 1. The number of hydrogen-bond acceptors (Lipinski definition) is 4. The summed E-state index contributed by atoms with van der Waals surface area (Å²) in [4.78, 5) is 7.00. The van der Waals surface area contributed by atoms with Gasteiger partial charge in [0, 0.05) is 11.9 Å². The minimum atomic E-state index is 0.475. The minimum Gasteiger partial charge on any atom is -0.325 e. The van der Waals surface area contributed by atoms with Crippen LogP contribution in [0.15, 0.2) is 41.1 Å². The molecule has 0 radical (unpaired) electrons. The van der Waals surface area contributed by atoms with E-state index in [1.165, 1.54) is 27.3 Å². The van der Waals surface area contributed by atoms with Crippen LogP contribution < -0.4 is 5.73 Å². The first-order valence-corrected chi connectivity index (χ1v) is 9.25. The third-order valence-electron chi connectivity index (χ3n) is 4.21. The highest BCUT2D eigenvalue weighted by Gasteiger charge is 2.18. The molecule has 3 nitrogen and oxygen atoms in total. The zero-order valence-electron chi connectivity index (χ0n) is 13.0. The summed E-state index contributed by atoms with van der Waals surface area (Å²) >= 11 is 3.37. The number of thiazole rings is 1. The second-order valence-electron chi connectivity index (χ2n) is 5.63. The lowest BCUT2D eigenvalue weighted by molar-refractivity contribution is 0.974. The van der Waals surface area contributed by atoms with Gasteiger partial charge in [-0.05, 0) is 48.1 Å². The first-order chi connectivity index (χ1) is 11.2. The van der Waals surface area contributed by atoms with Crippen molar-refractivity contribution in [2.45, 2.75) is 20.4 Å². The number of thiophene rings is 1. The molecule has 0 saturated carbocycles. The molecule has 0 atom stereocenters. The van der Waals surface area contributed by atoms with Gasteiger partial charge in [0.25, 0.3) is 0 Å². The maximum atomic E-state index is 6.08. The molecule has 0 aliphatic carbocycles. The molecule has 116 valence electrons. The van der Waals surface area contributed by atoms with Crippen LogP contribution in [0.1, 0.15) is 16.8 Å². The van der Waals surface area contributed by atoms with Crippen molar-refractivity contribution < 1.29 is 0 Å². The number of nitrogens with two attached hydrogens (primary N) is 1. The number of rotatable bonds is 3. The average molecular weight is 339 g/mol. The van der Waals surface area contributed by atoms with Gasteiger partial charge >= 0.3 is 0 Å². The molecule has 0 fully saturated rings. The second-order valence-corrected chi connectivity index (χ2v) is 7.41. The monoisotopic (exact) mass is 339 g/mol. The second kappa shape index (κ2) is 5.60. The van der Waals surface area contributed by atoms with Crippen molar-refractivity contribution in [2.24, 2.45) is 5.73 Å². The maximum absolute atomic E-state index is 6.08. The molecule has 4 aromatic rings. The van der Waals surface area contributed by atoms with Gasteiger partial charge in [0.15, 0.2) is 4.96 Å². The Labute approximate surface area is 143 Å². The number of benzene rings is 1. The lowest BCUT2D eigenvalue weighted by Gasteiger charge is -2.07. The number of hydrogen-bond donors (Lipinski definition) is 1. The molecular formula is C18H17N3S2. The fourth-order valence-corrected chi connectivity index (χ4v) is 4.47. The molecule has 0 unspecified atom stereocenters. The van der Waals surface area contributed by atoms with Crippen molar-refractivity contribution in [2.75, 3.05) is 0 Å². The first-order valence-electron chi connectivity index (χ1n) is 7.49. The van der Waals surface area contributed by atoms with Gasteiger partial charge < -0.3 is 5.73 Å². The van der Waals surface area contributed by atoms with Gasteiger partial charge in [0.05, 0.1) is 16.3 Å². The van der Waals surface area contributed by atoms with Crippen LogP contribution in [0.4, 0.5) is 0 Å². The standard InChI is InChI=1S/C18H17N3S2/c1-11-5-6-13(8-12(11)2)15-10-23-18-20-17(14(9-19)21(15)18)16-4-3-7-22-16/h3-8,10H,9,19H2,1-2H3. The SMILES string of the molecule is Cc1ccc(-c2csc3nc(-c4cccs4)c(CN)n23)cc1C. The van der Waals surface area contributed by atoms with E-state index in [-0.39, 0.29) is 0 Å². The Morgan fingerprint density at radius 3 is 2.70 bits per heavy atom. The summed E-state index contributed by atoms with van der Waals surface area (Å²) in [7, 11) is 0. The van der Waals surface area contributed by atoms with Gasteiger partial charge in [-0.2, -0.15) is 0 Å². The van der Waals surface area contributed by atoms with Gasteiger partial charge in [-0.15, -0.1) is 22.7 Å². The van der Waals surface area contributed by atoms with E-state index in [0.29, 0.717) is 6.54 Å². The van der Waals surface area contributed by atoms with E-state index in [1.54, 1.807) is 22.7 Å². The van der Waals surface area contributed by atoms with Crippen LogP contribution in [-0.2, 0) is 6.54 Å². The Morgan fingerprint density at radius 1 is 1.13 bits per heavy atom. The van der Waals surface area contributed by atoms with Crippen LogP contribution in [0.3, 0.4) is 0 Å². The Balaban J connectivity index is 1.96. The summed E-state index contributed by atoms with van der Waals surface area (Å²) in [6, 6.07) is 10.7. The molecular weight excluding hydrogens is 322 g/mol. The minimum absolute atomic E-state index is 0.475. The molecule has 0 bridgehead atoms. The summed E-state index contributed by atoms with van der Waals surface area (Å²) in [5.41, 5.74) is 13.2. The summed E-state index contributed by atoms with van der Waals surface area (Å²) in [5.74, 6) is 0. The maximum Gasteiger partial charge on any atom is 0.195 e. The Hall–Kier alpha value is -1.95. The van der Waals surface area contributed by atoms with Crippen LogP contribution in [0, 0.1) is 13.8 Å². The molecule has 5 heteroatoms. The highest BCUT2D eigenvalue weighted by molar-refractivity contribution is 7.15. The van der Waals surface area contributed by atoms with Crippen LogP contribution >= 0.6 is 22.7 Å². The van der Waals surface area contributed by atoms with E-state index >= 15 is 0 Å². The molecule has 0 spiro atoms. The van der Waals surface area contributed by atoms with Crippen molar-refractivity contribution in [1.29, 1.82) is 0 Å². The lowest BCUT2D eigenvalue weighted by Crippen LogP contribution is -2.03.